The Balaban J connectivity index is 2.50. The molecule has 0 fully saturated rings. The van der Waals surface area contributed by atoms with Gasteiger partial charge in [-0.15, -0.1) is 0 Å². The molecule has 0 saturated heterocycles. The lowest BCUT2D eigenvalue weighted by molar-refractivity contribution is -0.151. The van der Waals surface area contributed by atoms with E-state index in [1.54, 1.807) is 0 Å². The monoisotopic (exact) mass is 307 g/mol. The van der Waals surface area contributed by atoms with E-state index in [1.165, 1.54) is 7.11 Å². The third-order valence-electron chi connectivity index (χ3n) is 3.83. The molecular weight excluding hydrogens is 282 g/mol. The van der Waals surface area contributed by atoms with E-state index in [1.807, 2.05) is 32.0 Å². The van der Waals surface area contributed by atoms with Crippen LogP contribution in [0.5, 0.6) is 11.5 Å². The van der Waals surface area contributed by atoms with Crippen molar-refractivity contribution in [2.45, 2.75) is 51.2 Å². The first kappa shape index (κ1) is 16.6. The molecule has 122 valence electrons. The molecule has 22 heavy (non-hydrogen) atoms. The first-order valence-corrected chi connectivity index (χ1v) is 7.66. The minimum absolute atomic E-state index is 0.327. The van der Waals surface area contributed by atoms with Gasteiger partial charge in [0.15, 0.2) is 5.54 Å². The second-order valence-corrected chi connectivity index (χ2v) is 6.33. The fourth-order valence-electron chi connectivity index (χ4n) is 2.93. The Morgan fingerprint density at radius 2 is 2.14 bits per heavy atom. The molecule has 1 aliphatic heterocycles. The highest BCUT2D eigenvalue weighted by Gasteiger charge is 2.50. The number of carbonyl (C=O) groups is 1. The zero-order chi connectivity index (χ0) is 16.4. The Hall–Kier alpha value is -1.75. The first-order valence-electron chi connectivity index (χ1n) is 7.66. The molecule has 0 spiro atoms. The predicted octanol–water partition coefficient (Wildman–Crippen LogP) is 2.75. The van der Waals surface area contributed by atoms with Crippen LogP contribution in [0.4, 0.5) is 0 Å². The van der Waals surface area contributed by atoms with Crippen LogP contribution >= 0.6 is 0 Å². The van der Waals surface area contributed by atoms with E-state index in [0.29, 0.717) is 30.1 Å². The summed E-state index contributed by atoms with van der Waals surface area (Å²) >= 11 is 0. The molecule has 1 aromatic rings. The van der Waals surface area contributed by atoms with Crippen molar-refractivity contribution in [1.82, 2.24) is 0 Å². The molecule has 5 heteroatoms. The highest BCUT2D eigenvalue weighted by atomic mass is 16.5. The van der Waals surface area contributed by atoms with Crippen LogP contribution in [0.1, 0.15) is 45.6 Å². The van der Waals surface area contributed by atoms with E-state index in [-0.39, 0.29) is 0 Å². The minimum atomic E-state index is -1.27. The number of fused-ring (bicyclic) bond motifs is 1. The molecule has 1 aromatic carbocycles. The smallest absolute Gasteiger partial charge is 0.330 e. The van der Waals surface area contributed by atoms with E-state index < -0.39 is 17.1 Å². The SMILES string of the molecule is CCCCOc1cccc2c1C(N)(C(=O)OC)CC(C)(C)O2. The number of nitrogens with two attached hydrogens (primary N) is 1. The van der Waals surface area contributed by atoms with Crippen LogP contribution in [0.2, 0.25) is 0 Å². The molecule has 1 atom stereocenters. The summed E-state index contributed by atoms with van der Waals surface area (Å²) in [5, 5.41) is 0. The van der Waals surface area contributed by atoms with Crippen LogP contribution in [0.15, 0.2) is 18.2 Å². The third kappa shape index (κ3) is 3.04. The number of hydrogen-bond acceptors (Lipinski definition) is 5. The number of carbonyl (C=O) groups excluding carboxylic acids is 1. The number of unbranched alkanes of at least 4 members (excludes halogenated alkanes) is 1. The Morgan fingerprint density at radius 1 is 1.41 bits per heavy atom. The Labute approximate surface area is 131 Å². The highest BCUT2D eigenvalue weighted by molar-refractivity contribution is 5.85. The fourth-order valence-corrected chi connectivity index (χ4v) is 2.93. The summed E-state index contributed by atoms with van der Waals surface area (Å²) < 4.78 is 16.8. The second kappa shape index (κ2) is 6.16. The summed E-state index contributed by atoms with van der Waals surface area (Å²) in [6.45, 7) is 6.49. The molecule has 1 unspecified atom stereocenters. The van der Waals surface area contributed by atoms with E-state index in [2.05, 4.69) is 6.92 Å². The molecule has 0 aromatic heterocycles. The number of ether oxygens (including phenoxy) is 3. The molecule has 2 N–H and O–H groups in total. The Bertz CT molecular complexity index is 556. The van der Waals surface area contributed by atoms with E-state index in [9.17, 15) is 4.79 Å². The van der Waals surface area contributed by atoms with Crippen LogP contribution in [0.3, 0.4) is 0 Å². The van der Waals surface area contributed by atoms with Crippen LogP contribution in [0, 0.1) is 0 Å². The van der Waals surface area contributed by atoms with Gasteiger partial charge in [0.2, 0.25) is 0 Å². The van der Waals surface area contributed by atoms with Gasteiger partial charge in [-0.25, -0.2) is 4.79 Å². The van der Waals surface area contributed by atoms with Gasteiger partial charge in [0.05, 0.1) is 19.3 Å². The van der Waals surface area contributed by atoms with Gasteiger partial charge in [0.1, 0.15) is 17.1 Å². The molecule has 1 heterocycles. The normalized spacial score (nSPS) is 22.4. The minimum Gasteiger partial charge on any atom is -0.493 e. The zero-order valence-corrected chi connectivity index (χ0v) is 13.8. The summed E-state index contributed by atoms with van der Waals surface area (Å²) in [4.78, 5) is 12.4. The number of benzene rings is 1. The molecule has 1 aliphatic rings. The number of hydrogen-bond donors (Lipinski definition) is 1. The van der Waals surface area contributed by atoms with Crippen molar-refractivity contribution in [3.63, 3.8) is 0 Å². The standard InChI is InChI=1S/C17H25NO4/c1-5-6-10-21-12-8-7-9-13-14(12)17(18,15(19)20-4)11-16(2,3)22-13/h7-9H,5-6,10-11,18H2,1-4H3. The number of rotatable bonds is 5. The highest BCUT2D eigenvalue weighted by Crippen LogP contribution is 2.47. The zero-order valence-electron chi connectivity index (χ0n) is 13.8. The molecule has 0 aliphatic carbocycles. The largest absolute Gasteiger partial charge is 0.493 e. The maximum Gasteiger partial charge on any atom is 0.330 e. The van der Waals surface area contributed by atoms with Crippen LogP contribution < -0.4 is 15.2 Å². The molecule has 2 rings (SSSR count). The lowest BCUT2D eigenvalue weighted by Gasteiger charge is -2.42. The number of methoxy groups -OCH3 is 1. The van der Waals surface area contributed by atoms with E-state index in [4.69, 9.17) is 19.9 Å². The van der Waals surface area contributed by atoms with Crippen LogP contribution in [-0.4, -0.2) is 25.3 Å². The van der Waals surface area contributed by atoms with E-state index >= 15 is 0 Å². The van der Waals surface area contributed by atoms with Crippen molar-refractivity contribution in [3.8, 4) is 11.5 Å². The summed E-state index contributed by atoms with van der Waals surface area (Å²) in [5.74, 6) is 0.698. The van der Waals surface area contributed by atoms with Gasteiger partial charge >= 0.3 is 5.97 Å². The maximum absolute atomic E-state index is 12.4. The van der Waals surface area contributed by atoms with Gasteiger partial charge in [-0.05, 0) is 32.4 Å². The molecular formula is C17H25NO4. The molecule has 0 radical (unpaired) electrons. The fraction of sp³-hybridized carbons (Fsp3) is 0.588. The van der Waals surface area contributed by atoms with Crippen LogP contribution in [0.25, 0.3) is 0 Å². The number of esters is 1. The van der Waals surface area contributed by atoms with Gasteiger partial charge < -0.3 is 19.9 Å². The van der Waals surface area contributed by atoms with Gasteiger partial charge in [-0.1, -0.05) is 19.4 Å². The van der Waals surface area contributed by atoms with Crippen molar-refractivity contribution in [2.75, 3.05) is 13.7 Å². The van der Waals surface area contributed by atoms with E-state index in [0.717, 1.165) is 12.8 Å². The molecule has 5 nitrogen and oxygen atoms in total. The van der Waals surface area contributed by atoms with Crippen molar-refractivity contribution >= 4 is 5.97 Å². The van der Waals surface area contributed by atoms with Crippen molar-refractivity contribution in [1.29, 1.82) is 0 Å². The lowest BCUT2D eigenvalue weighted by Crippen LogP contribution is -2.55. The van der Waals surface area contributed by atoms with Crippen molar-refractivity contribution in [3.05, 3.63) is 23.8 Å². The lowest BCUT2D eigenvalue weighted by atomic mass is 9.78. The molecule has 0 saturated carbocycles. The third-order valence-corrected chi connectivity index (χ3v) is 3.83. The van der Waals surface area contributed by atoms with Gasteiger partial charge in [-0.2, -0.15) is 0 Å². The quantitative estimate of drug-likeness (QED) is 0.669. The summed E-state index contributed by atoms with van der Waals surface area (Å²) in [6, 6.07) is 5.48. The van der Waals surface area contributed by atoms with Crippen molar-refractivity contribution < 1.29 is 19.0 Å². The summed E-state index contributed by atoms with van der Waals surface area (Å²) in [5.41, 5.74) is 5.22. The molecule has 0 amide bonds. The predicted molar refractivity (Wildman–Crippen MR) is 84.1 cm³/mol. The van der Waals surface area contributed by atoms with Gasteiger partial charge in [-0.3, -0.25) is 0 Å². The average molecular weight is 307 g/mol. The second-order valence-electron chi connectivity index (χ2n) is 6.33. The first-order chi connectivity index (χ1) is 10.3. The average Bonchev–Trinajstić information content (AvgIpc) is 2.45. The topological polar surface area (TPSA) is 70.8 Å². The summed E-state index contributed by atoms with van der Waals surface area (Å²) in [7, 11) is 1.35. The Kier molecular flexibility index (Phi) is 4.66. The Morgan fingerprint density at radius 3 is 2.77 bits per heavy atom. The van der Waals surface area contributed by atoms with Gasteiger partial charge in [0, 0.05) is 6.42 Å². The maximum atomic E-state index is 12.4. The molecule has 0 bridgehead atoms. The van der Waals surface area contributed by atoms with Gasteiger partial charge in [0.25, 0.3) is 0 Å². The van der Waals surface area contributed by atoms with Crippen molar-refractivity contribution in [2.24, 2.45) is 5.73 Å². The summed E-state index contributed by atoms with van der Waals surface area (Å²) in [6.07, 6.45) is 2.29. The van der Waals surface area contributed by atoms with Crippen LogP contribution in [-0.2, 0) is 15.1 Å².